The number of benzene rings is 1. The molecule has 1 fully saturated rings. The molecule has 26 heavy (non-hydrogen) atoms. The van der Waals surface area contributed by atoms with Crippen LogP contribution in [0, 0.1) is 5.92 Å². The molecule has 2 aromatic rings. The molecule has 3 rings (SSSR count). The Hall–Kier alpha value is -2.23. The van der Waals surface area contributed by atoms with Crippen molar-refractivity contribution >= 4 is 15.9 Å². The molecule has 0 bridgehead atoms. The Morgan fingerprint density at radius 2 is 2.00 bits per heavy atom. The van der Waals surface area contributed by atoms with Crippen LogP contribution >= 0.6 is 0 Å². The highest BCUT2D eigenvalue weighted by Crippen LogP contribution is 2.35. The molecule has 1 saturated heterocycles. The van der Waals surface area contributed by atoms with Crippen molar-refractivity contribution in [2.24, 2.45) is 13.0 Å². The van der Waals surface area contributed by atoms with Gasteiger partial charge in [0, 0.05) is 57.4 Å². The summed E-state index contributed by atoms with van der Waals surface area (Å²) in [5, 5.41) is 16.3. The van der Waals surface area contributed by atoms with Gasteiger partial charge in [0.15, 0.2) is 0 Å². The summed E-state index contributed by atoms with van der Waals surface area (Å²) in [6.07, 6.45) is 3.56. The first-order chi connectivity index (χ1) is 12.4. The molecule has 0 saturated carbocycles. The molecule has 0 radical (unpaired) electrons. The van der Waals surface area contributed by atoms with E-state index in [1.807, 2.05) is 6.20 Å². The van der Waals surface area contributed by atoms with Crippen LogP contribution in [0.25, 0.3) is 0 Å². The quantitative estimate of drug-likeness (QED) is 0.772. The predicted molar refractivity (Wildman–Crippen MR) is 95.1 cm³/mol. The van der Waals surface area contributed by atoms with E-state index in [4.69, 9.17) is 0 Å². The number of aryl methyl sites for hydroxylation is 1. The lowest BCUT2D eigenvalue weighted by Crippen LogP contribution is -2.29. The molecule has 140 valence electrons. The number of nitrogens with one attached hydrogen (secondary N) is 1. The number of amides is 1. The summed E-state index contributed by atoms with van der Waals surface area (Å²) in [5.41, 5.74) is 1.31. The van der Waals surface area contributed by atoms with Crippen molar-refractivity contribution in [3.63, 3.8) is 0 Å². The Morgan fingerprint density at radius 1 is 1.31 bits per heavy atom. The fourth-order valence-corrected chi connectivity index (χ4v) is 4.82. The van der Waals surface area contributed by atoms with Gasteiger partial charge < -0.3 is 10.4 Å². The molecule has 2 N–H and O–H groups in total. The topological polar surface area (TPSA) is 105 Å². The van der Waals surface area contributed by atoms with Crippen LogP contribution < -0.4 is 5.32 Å². The van der Waals surface area contributed by atoms with Gasteiger partial charge >= 0.3 is 0 Å². The van der Waals surface area contributed by atoms with Gasteiger partial charge in [-0.05, 0) is 29.8 Å². The second kappa shape index (κ2) is 7.18. The molecule has 0 aliphatic carbocycles. The van der Waals surface area contributed by atoms with Crippen molar-refractivity contribution in [3.05, 3.63) is 47.8 Å². The van der Waals surface area contributed by atoms with E-state index in [-0.39, 0.29) is 42.3 Å². The van der Waals surface area contributed by atoms with E-state index in [1.54, 1.807) is 17.9 Å². The second-order valence-corrected chi connectivity index (χ2v) is 8.36. The minimum atomic E-state index is -3.70. The number of hydrogen-bond acceptors (Lipinski definition) is 5. The van der Waals surface area contributed by atoms with Gasteiger partial charge in [0.25, 0.3) is 5.91 Å². The first-order valence-electron chi connectivity index (χ1n) is 8.28. The normalized spacial score (nSPS) is 21.0. The van der Waals surface area contributed by atoms with Crippen LogP contribution in [0.15, 0.2) is 41.6 Å². The highest BCUT2D eigenvalue weighted by atomic mass is 32.2. The first kappa shape index (κ1) is 18.6. The van der Waals surface area contributed by atoms with Crippen LogP contribution in [0.5, 0.6) is 0 Å². The molecule has 1 aromatic carbocycles. The minimum absolute atomic E-state index is 0.0960. The van der Waals surface area contributed by atoms with Gasteiger partial charge in [-0.1, -0.05) is 0 Å². The number of hydrogen-bond donors (Lipinski definition) is 2. The lowest BCUT2D eigenvalue weighted by Gasteiger charge is -2.16. The van der Waals surface area contributed by atoms with Gasteiger partial charge in [-0.3, -0.25) is 9.48 Å². The predicted octanol–water partition coefficient (Wildman–Crippen LogP) is 0.176. The van der Waals surface area contributed by atoms with Crippen molar-refractivity contribution in [1.29, 1.82) is 0 Å². The van der Waals surface area contributed by atoms with Crippen LogP contribution in [0.1, 0.15) is 21.8 Å². The van der Waals surface area contributed by atoms with Crippen LogP contribution in [0.4, 0.5) is 0 Å². The summed E-state index contributed by atoms with van der Waals surface area (Å²) >= 11 is 0. The highest BCUT2D eigenvalue weighted by Gasteiger charge is 2.40. The summed E-state index contributed by atoms with van der Waals surface area (Å²) in [6, 6.07) is 5.85. The van der Waals surface area contributed by atoms with E-state index >= 15 is 0 Å². The van der Waals surface area contributed by atoms with Gasteiger partial charge in [-0.2, -0.15) is 9.40 Å². The van der Waals surface area contributed by atoms with E-state index in [0.717, 1.165) is 5.56 Å². The first-order valence-corrected chi connectivity index (χ1v) is 9.72. The molecule has 1 aliphatic heterocycles. The molecule has 0 unspecified atom stereocenters. The molecule has 1 aromatic heterocycles. The summed E-state index contributed by atoms with van der Waals surface area (Å²) in [4.78, 5) is 11.7. The zero-order chi connectivity index (χ0) is 18.9. The molecule has 8 nitrogen and oxygen atoms in total. The van der Waals surface area contributed by atoms with Crippen LogP contribution in [0.3, 0.4) is 0 Å². The van der Waals surface area contributed by atoms with Gasteiger partial charge in [0.05, 0.1) is 11.1 Å². The lowest BCUT2D eigenvalue weighted by molar-refractivity contribution is 0.0963. The molecule has 2 heterocycles. The van der Waals surface area contributed by atoms with Crippen molar-refractivity contribution in [2.45, 2.75) is 10.8 Å². The number of carbonyl (C=O) groups is 1. The Bertz CT molecular complexity index is 892. The number of aromatic nitrogens is 2. The zero-order valence-corrected chi connectivity index (χ0v) is 15.5. The standard InChI is InChI=1S/C17H22N4O4S/c1-18-17(23)12-3-5-15(6-4-12)26(24,25)21-9-14(11-22)16(10-21)13-7-19-20(2)8-13/h3-8,14,16,22H,9-11H2,1-2H3,(H,18,23)/t14-,16-/m0/s1. The van der Waals surface area contributed by atoms with E-state index in [2.05, 4.69) is 10.4 Å². The van der Waals surface area contributed by atoms with Crippen LogP contribution in [0.2, 0.25) is 0 Å². The second-order valence-electron chi connectivity index (χ2n) is 6.42. The largest absolute Gasteiger partial charge is 0.396 e. The number of nitrogens with zero attached hydrogens (tertiary/aromatic N) is 3. The molecule has 2 atom stereocenters. The van der Waals surface area contributed by atoms with Gasteiger partial charge in [-0.25, -0.2) is 8.42 Å². The molecular formula is C17H22N4O4S. The average Bonchev–Trinajstić information content (AvgIpc) is 3.27. The fraction of sp³-hybridized carbons (Fsp3) is 0.412. The maximum Gasteiger partial charge on any atom is 0.251 e. The lowest BCUT2D eigenvalue weighted by atomic mass is 9.92. The third-order valence-corrected chi connectivity index (χ3v) is 6.62. The number of rotatable bonds is 5. The Kier molecular flexibility index (Phi) is 5.12. The van der Waals surface area contributed by atoms with Crippen molar-refractivity contribution in [3.8, 4) is 0 Å². The zero-order valence-electron chi connectivity index (χ0n) is 14.7. The van der Waals surface area contributed by atoms with Crippen molar-refractivity contribution in [1.82, 2.24) is 19.4 Å². The minimum Gasteiger partial charge on any atom is -0.396 e. The molecule has 1 amide bonds. The number of carbonyl (C=O) groups excluding carboxylic acids is 1. The monoisotopic (exact) mass is 378 g/mol. The van der Waals surface area contributed by atoms with Gasteiger partial charge in [0.2, 0.25) is 10.0 Å². The molecule has 9 heteroatoms. The smallest absolute Gasteiger partial charge is 0.251 e. The SMILES string of the molecule is CNC(=O)c1ccc(S(=O)(=O)N2C[C@@H](CO)[C@H](c3cnn(C)c3)C2)cc1. The molecule has 0 spiro atoms. The van der Waals surface area contributed by atoms with Crippen LogP contribution in [-0.4, -0.2) is 60.3 Å². The fourth-order valence-electron chi connectivity index (χ4n) is 3.29. The van der Waals surface area contributed by atoms with E-state index in [1.165, 1.54) is 35.6 Å². The van der Waals surface area contributed by atoms with E-state index in [0.29, 0.717) is 5.56 Å². The van der Waals surface area contributed by atoms with E-state index in [9.17, 15) is 18.3 Å². The molecular weight excluding hydrogens is 356 g/mol. The van der Waals surface area contributed by atoms with Crippen molar-refractivity contribution in [2.75, 3.05) is 26.7 Å². The maximum atomic E-state index is 13.0. The highest BCUT2D eigenvalue weighted by molar-refractivity contribution is 7.89. The van der Waals surface area contributed by atoms with Gasteiger partial charge in [0.1, 0.15) is 0 Å². The number of sulfonamides is 1. The Morgan fingerprint density at radius 3 is 2.54 bits per heavy atom. The summed E-state index contributed by atoms with van der Waals surface area (Å²) in [6.45, 7) is 0.438. The number of aliphatic hydroxyl groups excluding tert-OH is 1. The maximum absolute atomic E-state index is 13.0. The number of aliphatic hydroxyl groups is 1. The summed E-state index contributed by atoms with van der Waals surface area (Å²) < 4.78 is 29.0. The average molecular weight is 378 g/mol. The van der Waals surface area contributed by atoms with Crippen molar-refractivity contribution < 1.29 is 18.3 Å². The molecule has 1 aliphatic rings. The summed E-state index contributed by atoms with van der Waals surface area (Å²) in [5.74, 6) is -0.556. The third kappa shape index (κ3) is 3.37. The van der Waals surface area contributed by atoms with Gasteiger partial charge in [-0.15, -0.1) is 0 Å². The van der Waals surface area contributed by atoms with E-state index < -0.39 is 10.0 Å². The Balaban J connectivity index is 1.84. The van der Waals surface area contributed by atoms with Crippen LogP contribution in [-0.2, 0) is 17.1 Å². The summed E-state index contributed by atoms with van der Waals surface area (Å²) in [7, 11) is -0.383. The Labute approximate surface area is 152 Å². The third-order valence-electron chi connectivity index (χ3n) is 4.78.